The van der Waals surface area contributed by atoms with Gasteiger partial charge in [-0.3, -0.25) is 10.1 Å². The molecule has 2 bridgehead atoms. The van der Waals surface area contributed by atoms with Crippen LogP contribution < -0.4 is 10.6 Å². The Hall–Kier alpha value is -1.06. The first-order chi connectivity index (χ1) is 6.21. The van der Waals surface area contributed by atoms with Gasteiger partial charge in [0.2, 0.25) is 0 Å². The van der Waals surface area contributed by atoms with Crippen LogP contribution in [0.4, 0.5) is 4.79 Å². The molecular formula is C9H12N2O2. The summed E-state index contributed by atoms with van der Waals surface area (Å²) < 4.78 is 0. The standard InChI is InChI=1S/C9H12N2O2/c12-7-9(11-8(13)10-7)4-5-1-2-6(9)3-5/h5-6H,1-4H2,(H2,10,11,12,13)/t5-,6+,9-/m0/s1. The van der Waals surface area contributed by atoms with Crippen LogP contribution in [0, 0.1) is 11.8 Å². The maximum atomic E-state index is 11.6. The molecule has 3 amide bonds. The third kappa shape index (κ3) is 0.759. The molecule has 2 aliphatic carbocycles. The fraction of sp³-hybridized carbons (Fsp3) is 0.778. The summed E-state index contributed by atoms with van der Waals surface area (Å²) in [6.45, 7) is 0. The number of imide groups is 1. The molecule has 4 heteroatoms. The maximum Gasteiger partial charge on any atom is 0.322 e. The van der Waals surface area contributed by atoms with Crippen molar-refractivity contribution in [3.63, 3.8) is 0 Å². The molecule has 13 heavy (non-hydrogen) atoms. The van der Waals surface area contributed by atoms with E-state index in [1.807, 2.05) is 0 Å². The van der Waals surface area contributed by atoms with E-state index >= 15 is 0 Å². The summed E-state index contributed by atoms with van der Waals surface area (Å²) in [5.41, 5.74) is -0.514. The van der Waals surface area contributed by atoms with Crippen molar-refractivity contribution in [2.75, 3.05) is 0 Å². The molecule has 1 aliphatic heterocycles. The molecule has 3 fully saturated rings. The second-order valence-electron chi connectivity index (χ2n) is 4.46. The molecule has 3 aliphatic rings. The SMILES string of the molecule is O=C1NC(=O)[C@@]2(C[C@H]3CC[C@@H]2C3)N1. The molecule has 1 spiro atoms. The Bertz CT molecular complexity index is 302. The summed E-state index contributed by atoms with van der Waals surface area (Å²) in [7, 11) is 0. The number of hydrogen-bond donors (Lipinski definition) is 2. The highest BCUT2D eigenvalue weighted by Gasteiger charge is 2.59. The van der Waals surface area contributed by atoms with Crippen LogP contribution in [-0.4, -0.2) is 17.5 Å². The summed E-state index contributed by atoms with van der Waals surface area (Å²) in [5.74, 6) is 0.961. The fourth-order valence-corrected chi connectivity index (χ4v) is 3.27. The minimum atomic E-state index is -0.514. The number of amides is 3. The summed E-state index contributed by atoms with van der Waals surface area (Å²) in [4.78, 5) is 22.7. The normalized spacial score (nSPS) is 47.1. The Kier molecular flexibility index (Phi) is 1.16. The van der Waals surface area contributed by atoms with E-state index in [0.29, 0.717) is 11.8 Å². The molecule has 3 rings (SSSR count). The van der Waals surface area contributed by atoms with E-state index in [2.05, 4.69) is 10.6 Å². The van der Waals surface area contributed by atoms with Crippen molar-refractivity contribution in [1.82, 2.24) is 10.6 Å². The highest BCUT2D eigenvalue weighted by molar-refractivity contribution is 6.07. The van der Waals surface area contributed by atoms with Crippen molar-refractivity contribution in [2.45, 2.75) is 31.2 Å². The minimum Gasteiger partial charge on any atom is -0.323 e. The highest BCUT2D eigenvalue weighted by atomic mass is 16.2. The van der Waals surface area contributed by atoms with Gasteiger partial charge in [-0.1, -0.05) is 0 Å². The number of fused-ring (bicyclic) bond motifs is 3. The Balaban J connectivity index is 1.98. The zero-order valence-corrected chi connectivity index (χ0v) is 7.30. The van der Waals surface area contributed by atoms with Crippen molar-refractivity contribution < 1.29 is 9.59 Å². The first-order valence-electron chi connectivity index (χ1n) is 4.84. The third-order valence-corrected chi connectivity index (χ3v) is 3.82. The molecule has 0 aromatic carbocycles. The third-order valence-electron chi connectivity index (χ3n) is 3.82. The quantitative estimate of drug-likeness (QED) is 0.530. The van der Waals surface area contributed by atoms with Crippen molar-refractivity contribution in [2.24, 2.45) is 11.8 Å². The van der Waals surface area contributed by atoms with Gasteiger partial charge in [-0.05, 0) is 37.5 Å². The Morgan fingerprint density at radius 3 is 2.62 bits per heavy atom. The topological polar surface area (TPSA) is 58.2 Å². The predicted octanol–water partition coefficient (Wildman–Crippen LogP) is 0.385. The summed E-state index contributed by atoms with van der Waals surface area (Å²) >= 11 is 0. The first-order valence-corrected chi connectivity index (χ1v) is 4.84. The van der Waals surface area contributed by atoms with Gasteiger partial charge in [-0.2, -0.15) is 0 Å². The average Bonchev–Trinajstić information content (AvgIpc) is 2.68. The molecule has 0 aromatic rings. The van der Waals surface area contributed by atoms with Gasteiger partial charge in [0, 0.05) is 0 Å². The van der Waals surface area contributed by atoms with Gasteiger partial charge in [0.05, 0.1) is 0 Å². The van der Waals surface area contributed by atoms with Gasteiger partial charge >= 0.3 is 6.03 Å². The van der Waals surface area contributed by atoms with Gasteiger partial charge in [0.25, 0.3) is 5.91 Å². The Morgan fingerprint density at radius 2 is 2.15 bits per heavy atom. The lowest BCUT2D eigenvalue weighted by atomic mass is 9.81. The van der Waals surface area contributed by atoms with Crippen molar-refractivity contribution in [1.29, 1.82) is 0 Å². The number of urea groups is 1. The van der Waals surface area contributed by atoms with E-state index < -0.39 is 5.54 Å². The van der Waals surface area contributed by atoms with E-state index in [1.54, 1.807) is 0 Å². The number of carbonyl (C=O) groups is 2. The highest BCUT2D eigenvalue weighted by Crippen LogP contribution is 2.51. The predicted molar refractivity (Wildman–Crippen MR) is 44.9 cm³/mol. The van der Waals surface area contributed by atoms with Gasteiger partial charge in [-0.15, -0.1) is 0 Å². The lowest BCUT2D eigenvalue weighted by molar-refractivity contribution is -0.125. The minimum absolute atomic E-state index is 0.0929. The molecule has 1 saturated heterocycles. The van der Waals surface area contributed by atoms with Crippen LogP contribution in [0.5, 0.6) is 0 Å². The van der Waals surface area contributed by atoms with Crippen molar-refractivity contribution in [3.8, 4) is 0 Å². The summed E-state index contributed by atoms with van der Waals surface area (Å²) in [6.07, 6.45) is 4.30. The zero-order valence-electron chi connectivity index (χ0n) is 7.30. The Labute approximate surface area is 76.1 Å². The van der Waals surface area contributed by atoms with E-state index in [-0.39, 0.29) is 11.9 Å². The van der Waals surface area contributed by atoms with Crippen LogP contribution in [0.15, 0.2) is 0 Å². The lowest BCUT2D eigenvalue weighted by Gasteiger charge is -2.30. The lowest BCUT2D eigenvalue weighted by Crippen LogP contribution is -2.51. The van der Waals surface area contributed by atoms with E-state index in [4.69, 9.17) is 0 Å². The molecule has 0 unspecified atom stereocenters. The summed E-state index contributed by atoms with van der Waals surface area (Å²) in [6, 6.07) is -0.308. The first kappa shape index (κ1) is 7.35. The molecule has 2 saturated carbocycles. The molecule has 1 heterocycles. The summed E-state index contributed by atoms with van der Waals surface area (Å²) in [5, 5.41) is 5.16. The van der Waals surface area contributed by atoms with Crippen LogP contribution in [0.2, 0.25) is 0 Å². The maximum absolute atomic E-state index is 11.6. The van der Waals surface area contributed by atoms with Crippen LogP contribution in [0.25, 0.3) is 0 Å². The molecule has 70 valence electrons. The van der Waals surface area contributed by atoms with Gasteiger partial charge in [0.1, 0.15) is 5.54 Å². The van der Waals surface area contributed by atoms with Crippen LogP contribution in [0.1, 0.15) is 25.7 Å². The molecule has 4 nitrogen and oxygen atoms in total. The number of carbonyl (C=O) groups excluding carboxylic acids is 2. The van der Waals surface area contributed by atoms with Gasteiger partial charge in [-0.25, -0.2) is 4.79 Å². The van der Waals surface area contributed by atoms with E-state index in [9.17, 15) is 9.59 Å². The largest absolute Gasteiger partial charge is 0.323 e. The van der Waals surface area contributed by atoms with Gasteiger partial charge in [0.15, 0.2) is 0 Å². The smallest absolute Gasteiger partial charge is 0.322 e. The van der Waals surface area contributed by atoms with E-state index in [0.717, 1.165) is 19.3 Å². The average molecular weight is 180 g/mol. The number of rotatable bonds is 0. The molecule has 2 N–H and O–H groups in total. The molecule has 0 aromatic heterocycles. The molecule has 0 radical (unpaired) electrons. The van der Waals surface area contributed by atoms with Crippen LogP contribution in [0.3, 0.4) is 0 Å². The molecule has 3 atom stereocenters. The molecular weight excluding hydrogens is 168 g/mol. The fourth-order valence-electron chi connectivity index (χ4n) is 3.27. The second kappa shape index (κ2) is 2.05. The number of hydrogen-bond acceptors (Lipinski definition) is 2. The van der Waals surface area contributed by atoms with Crippen molar-refractivity contribution >= 4 is 11.9 Å². The Morgan fingerprint density at radius 1 is 1.31 bits per heavy atom. The van der Waals surface area contributed by atoms with E-state index in [1.165, 1.54) is 6.42 Å². The van der Waals surface area contributed by atoms with Gasteiger partial charge < -0.3 is 5.32 Å². The van der Waals surface area contributed by atoms with Crippen molar-refractivity contribution in [3.05, 3.63) is 0 Å². The number of nitrogens with one attached hydrogen (secondary N) is 2. The monoisotopic (exact) mass is 180 g/mol. The van der Waals surface area contributed by atoms with Crippen LogP contribution in [-0.2, 0) is 4.79 Å². The van der Waals surface area contributed by atoms with Crippen LogP contribution >= 0.6 is 0 Å². The zero-order chi connectivity index (χ0) is 9.05. The second-order valence-corrected chi connectivity index (χ2v) is 4.46.